The Balaban J connectivity index is -0.000000405. The molecule has 0 rings (SSSR count). The second kappa shape index (κ2) is 12.1. The molecule has 0 radical (unpaired) electrons. The van der Waals surface area contributed by atoms with Crippen LogP contribution in [0.2, 0.25) is 0 Å². The molecular formula is C10H21ClMg. The largest absolute Gasteiger partial charge is 2.00 e. The van der Waals surface area contributed by atoms with Crippen molar-refractivity contribution in [1.82, 2.24) is 0 Å². The Bertz CT molecular complexity index is 74.2. The molecule has 1 atom stereocenters. The first-order valence-corrected chi connectivity index (χ1v) is 4.46. The third-order valence-electron chi connectivity index (χ3n) is 1.97. The van der Waals surface area contributed by atoms with Gasteiger partial charge in [-0.25, -0.2) is 0 Å². The minimum Gasteiger partial charge on any atom is -1.00 e. The summed E-state index contributed by atoms with van der Waals surface area (Å²) < 4.78 is 0. The molecule has 0 aromatic rings. The summed E-state index contributed by atoms with van der Waals surface area (Å²) in [6, 6.07) is 0. The number of hydrogen-bond acceptors (Lipinski definition) is 0. The molecule has 0 aliphatic heterocycles. The van der Waals surface area contributed by atoms with Crippen LogP contribution in [-0.2, 0) is 0 Å². The quantitative estimate of drug-likeness (QED) is 0.443. The molecule has 70 valence electrons. The standard InChI is InChI=1S/C10H21.ClH.Mg/c1-5-10(4)8-6-7-9(2)3;;/h9-10H,1,5-8H2,2-4H3;1H;/q-1;;+2/p-1. The molecule has 0 fully saturated rings. The van der Waals surface area contributed by atoms with E-state index >= 15 is 0 Å². The average molecular weight is 201 g/mol. The summed E-state index contributed by atoms with van der Waals surface area (Å²) in [6.07, 6.45) is 5.22. The van der Waals surface area contributed by atoms with Crippen LogP contribution in [0.4, 0.5) is 0 Å². The zero-order valence-corrected chi connectivity index (χ0v) is 10.9. The van der Waals surface area contributed by atoms with E-state index in [4.69, 9.17) is 0 Å². The van der Waals surface area contributed by atoms with Crippen LogP contribution in [0.25, 0.3) is 0 Å². The molecule has 0 saturated heterocycles. The van der Waals surface area contributed by atoms with Gasteiger partial charge >= 0.3 is 23.1 Å². The molecule has 2 heteroatoms. The zero-order valence-electron chi connectivity index (χ0n) is 8.78. The van der Waals surface area contributed by atoms with Crippen molar-refractivity contribution in [3.8, 4) is 0 Å². The van der Waals surface area contributed by atoms with Gasteiger partial charge in [0.05, 0.1) is 0 Å². The maximum absolute atomic E-state index is 3.88. The van der Waals surface area contributed by atoms with Crippen molar-refractivity contribution in [2.75, 3.05) is 0 Å². The molecule has 0 heterocycles. The molecule has 12 heavy (non-hydrogen) atoms. The van der Waals surface area contributed by atoms with Crippen molar-refractivity contribution < 1.29 is 12.4 Å². The number of hydrogen-bond donors (Lipinski definition) is 0. The summed E-state index contributed by atoms with van der Waals surface area (Å²) in [6.45, 7) is 10.7. The molecule has 0 N–H and O–H groups in total. The topological polar surface area (TPSA) is 0 Å². The van der Waals surface area contributed by atoms with Crippen LogP contribution in [0, 0.1) is 18.8 Å². The Morgan fingerprint density at radius 3 is 1.92 bits per heavy atom. The van der Waals surface area contributed by atoms with Crippen LogP contribution in [0.1, 0.15) is 46.5 Å². The SMILES string of the molecule is [CH2-]CC(C)CCCC(C)C.[Cl-].[Mg+2]. The van der Waals surface area contributed by atoms with Gasteiger partial charge in [0.2, 0.25) is 0 Å². The van der Waals surface area contributed by atoms with Gasteiger partial charge in [0.15, 0.2) is 0 Å². The first-order chi connectivity index (χ1) is 4.66. The fourth-order valence-electron chi connectivity index (χ4n) is 1.02. The molecule has 0 aliphatic rings. The smallest absolute Gasteiger partial charge is 1.00 e. The summed E-state index contributed by atoms with van der Waals surface area (Å²) in [4.78, 5) is 0. The van der Waals surface area contributed by atoms with Crippen LogP contribution < -0.4 is 12.4 Å². The molecule has 0 aliphatic carbocycles. The van der Waals surface area contributed by atoms with Gasteiger partial charge in [-0.2, -0.15) is 6.42 Å². The van der Waals surface area contributed by atoms with Gasteiger partial charge in [-0.05, 0) is 5.92 Å². The fourth-order valence-corrected chi connectivity index (χ4v) is 1.02. The summed E-state index contributed by atoms with van der Waals surface area (Å²) in [5.41, 5.74) is 0. The van der Waals surface area contributed by atoms with E-state index in [0.717, 1.165) is 18.3 Å². The molecule has 0 amide bonds. The Labute approximate surface area is 100 Å². The Morgan fingerprint density at radius 1 is 1.08 bits per heavy atom. The predicted molar refractivity (Wildman–Crippen MR) is 53.6 cm³/mol. The average Bonchev–Trinajstić information content (AvgIpc) is 1.87. The van der Waals surface area contributed by atoms with E-state index < -0.39 is 0 Å². The van der Waals surface area contributed by atoms with Gasteiger partial charge in [-0.1, -0.05) is 46.0 Å². The second-order valence-corrected chi connectivity index (χ2v) is 3.72. The Kier molecular flexibility index (Phi) is 18.9. The van der Waals surface area contributed by atoms with Crippen molar-refractivity contribution in [1.29, 1.82) is 0 Å². The van der Waals surface area contributed by atoms with E-state index in [9.17, 15) is 0 Å². The van der Waals surface area contributed by atoms with Crippen molar-refractivity contribution in [3.63, 3.8) is 0 Å². The van der Waals surface area contributed by atoms with Crippen molar-refractivity contribution in [2.45, 2.75) is 46.5 Å². The molecule has 0 bridgehead atoms. The fraction of sp³-hybridized carbons (Fsp3) is 0.900. The first kappa shape index (κ1) is 18.8. The number of rotatable bonds is 5. The van der Waals surface area contributed by atoms with Crippen LogP contribution in [0.15, 0.2) is 0 Å². The van der Waals surface area contributed by atoms with Crippen LogP contribution in [0.5, 0.6) is 0 Å². The van der Waals surface area contributed by atoms with Gasteiger partial charge in [0.25, 0.3) is 0 Å². The second-order valence-electron chi connectivity index (χ2n) is 3.72. The van der Waals surface area contributed by atoms with E-state index in [-0.39, 0.29) is 35.5 Å². The summed E-state index contributed by atoms with van der Waals surface area (Å²) in [5.74, 6) is 1.70. The third kappa shape index (κ3) is 13.6. The van der Waals surface area contributed by atoms with Gasteiger partial charge in [-0.3, -0.25) is 0 Å². The van der Waals surface area contributed by atoms with Crippen LogP contribution in [0.3, 0.4) is 0 Å². The number of halogens is 1. The van der Waals surface area contributed by atoms with E-state index in [1.165, 1.54) is 19.3 Å². The minimum absolute atomic E-state index is 0. The Morgan fingerprint density at radius 2 is 1.58 bits per heavy atom. The zero-order chi connectivity index (χ0) is 7.98. The monoisotopic (exact) mass is 200 g/mol. The molecule has 0 aromatic heterocycles. The summed E-state index contributed by atoms with van der Waals surface area (Å²) in [5, 5.41) is 0. The van der Waals surface area contributed by atoms with E-state index in [1.54, 1.807) is 0 Å². The van der Waals surface area contributed by atoms with Crippen molar-refractivity contribution >= 4 is 23.1 Å². The van der Waals surface area contributed by atoms with E-state index in [1.807, 2.05) is 0 Å². The molecule has 0 aromatic carbocycles. The van der Waals surface area contributed by atoms with Crippen LogP contribution in [-0.4, -0.2) is 23.1 Å². The van der Waals surface area contributed by atoms with Gasteiger partial charge in [-0.15, -0.1) is 0 Å². The molecule has 0 spiro atoms. The maximum Gasteiger partial charge on any atom is 2.00 e. The maximum atomic E-state index is 3.88. The normalized spacial score (nSPS) is 11.8. The molecule has 0 nitrogen and oxygen atoms in total. The predicted octanol–water partition coefficient (Wildman–Crippen LogP) is 0.296. The van der Waals surface area contributed by atoms with Gasteiger partial charge in [0, 0.05) is 0 Å². The van der Waals surface area contributed by atoms with E-state index in [0.29, 0.717) is 0 Å². The molecule has 0 saturated carbocycles. The molecular weight excluding hydrogens is 180 g/mol. The molecule has 1 unspecified atom stereocenters. The van der Waals surface area contributed by atoms with E-state index in [2.05, 4.69) is 27.7 Å². The first-order valence-electron chi connectivity index (χ1n) is 4.46. The summed E-state index contributed by atoms with van der Waals surface area (Å²) >= 11 is 0. The van der Waals surface area contributed by atoms with Crippen molar-refractivity contribution in [2.24, 2.45) is 11.8 Å². The third-order valence-corrected chi connectivity index (χ3v) is 1.97. The van der Waals surface area contributed by atoms with Gasteiger partial charge in [0.1, 0.15) is 0 Å². The summed E-state index contributed by atoms with van der Waals surface area (Å²) in [7, 11) is 0. The Hall–Kier alpha value is 1.06. The van der Waals surface area contributed by atoms with Crippen LogP contribution >= 0.6 is 0 Å². The van der Waals surface area contributed by atoms with Gasteiger partial charge < -0.3 is 19.3 Å². The van der Waals surface area contributed by atoms with Crippen molar-refractivity contribution in [3.05, 3.63) is 6.92 Å². The minimum atomic E-state index is 0.